The lowest BCUT2D eigenvalue weighted by Gasteiger charge is -2.37. The summed E-state index contributed by atoms with van der Waals surface area (Å²) in [5.74, 6) is -1.45. The zero-order chi connectivity index (χ0) is 27.4. The largest absolute Gasteiger partial charge is 0.493 e. The van der Waals surface area contributed by atoms with Crippen molar-refractivity contribution in [1.29, 1.82) is 0 Å². The third kappa shape index (κ3) is 5.42. The Morgan fingerprint density at radius 1 is 1.11 bits per heavy atom. The molecule has 0 unspecified atom stereocenters. The number of carbonyl (C=O) groups is 2. The van der Waals surface area contributed by atoms with Gasteiger partial charge in [-0.2, -0.15) is 0 Å². The SMILES string of the molecule is CCOCCOC(=O)C1=C(C)NC2=C(C(=O)C[C@H](c3ccc(OC)c(OC)c3)C2)[C@H]1c1c(F)cccc1Cl. The maximum atomic E-state index is 15.3. The summed E-state index contributed by atoms with van der Waals surface area (Å²) < 4.78 is 36.8. The van der Waals surface area contributed by atoms with Crippen LogP contribution in [0.15, 0.2) is 58.9 Å². The summed E-state index contributed by atoms with van der Waals surface area (Å²) in [5.41, 5.74) is 2.59. The van der Waals surface area contributed by atoms with Gasteiger partial charge in [0.25, 0.3) is 0 Å². The fourth-order valence-corrected chi connectivity index (χ4v) is 5.41. The average Bonchev–Trinajstić information content (AvgIpc) is 2.90. The number of carbonyl (C=O) groups excluding carboxylic acids is 2. The Bertz CT molecular complexity index is 1280. The van der Waals surface area contributed by atoms with E-state index in [-0.39, 0.29) is 47.5 Å². The van der Waals surface area contributed by atoms with Crippen molar-refractivity contribution in [2.75, 3.05) is 34.0 Å². The average molecular weight is 544 g/mol. The quantitative estimate of drug-likeness (QED) is 0.333. The molecule has 7 nitrogen and oxygen atoms in total. The van der Waals surface area contributed by atoms with E-state index in [1.54, 1.807) is 33.3 Å². The molecule has 0 radical (unpaired) electrons. The number of rotatable bonds is 9. The predicted molar refractivity (Wildman–Crippen MR) is 141 cm³/mol. The summed E-state index contributed by atoms with van der Waals surface area (Å²) in [4.78, 5) is 27.0. The van der Waals surface area contributed by atoms with Crippen molar-refractivity contribution in [3.63, 3.8) is 0 Å². The lowest BCUT2D eigenvalue weighted by atomic mass is 9.71. The van der Waals surface area contributed by atoms with Gasteiger partial charge in [-0.05, 0) is 56.0 Å². The Labute approximate surface area is 226 Å². The molecule has 38 heavy (non-hydrogen) atoms. The molecule has 0 fully saturated rings. The number of nitrogens with one attached hydrogen (secondary N) is 1. The molecule has 0 amide bonds. The summed E-state index contributed by atoms with van der Waals surface area (Å²) in [6.45, 7) is 4.30. The van der Waals surface area contributed by atoms with E-state index < -0.39 is 17.7 Å². The highest BCUT2D eigenvalue weighted by molar-refractivity contribution is 6.31. The maximum absolute atomic E-state index is 15.3. The van der Waals surface area contributed by atoms with Crippen LogP contribution in [0.25, 0.3) is 0 Å². The number of allylic oxidation sites excluding steroid dienone is 3. The van der Waals surface area contributed by atoms with E-state index in [9.17, 15) is 9.59 Å². The van der Waals surface area contributed by atoms with Crippen LogP contribution in [0.1, 0.15) is 49.7 Å². The Hall–Kier alpha value is -3.36. The topological polar surface area (TPSA) is 83.1 Å². The lowest BCUT2D eigenvalue weighted by molar-refractivity contribution is -0.140. The lowest BCUT2D eigenvalue weighted by Crippen LogP contribution is -2.36. The van der Waals surface area contributed by atoms with Crippen LogP contribution in [-0.4, -0.2) is 45.8 Å². The maximum Gasteiger partial charge on any atom is 0.336 e. The van der Waals surface area contributed by atoms with Gasteiger partial charge in [0, 0.05) is 40.6 Å². The van der Waals surface area contributed by atoms with E-state index in [0.717, 1.165) is 5.56 Å². The Balaban J connectivity index is 1.75. The second kappa shape index (κ2) is 12.0. The predicted octanol–water partition coefficient (Wildman–Crippen LogP) is 5.44. The van der Waals surface area contributed by atoms with Crippen molar-refractivity contribution >= 4 is 23.4 Å². The van der Waals surface area contributed by atoms with Crippen molar-refractivity contribution in [3.8, 4) is 11.5 Å². The van der Waals surface area contributed by atoms with Crippen molar-refractivity contribution < 1.29 is 32.9 Å². The van der Waals surface area contributed by atoms with Gasteiger partial charge < -0.3 is 24.3 Å². The van der Waals surface area contributed by atoms with E-state index >= 15 is 4.39 Å². The molecule has 2 atom stereocenters. The Morgan fingerprint density at radius 2 is 1.87 bits per heavy atom. The summed E-state index contributed by atoms with van der Waals surface area (Å²) in [6, 6.07) is 9.89. The number of hydrogen-bond acceptors (Lipinski definition) is 7. The van der Waals surface area contributed by atoms with Crippen LogP contribution in [-0.2, 0) is 19.1 Å². The molecular formula is C29H31ClFNO6. The molecule has 0 spiro atoms. The van der Waals surface area contributed by atoms with Crippen molar-refractivity contribution in [2.45, 2.75) is 38.5 Å². The first kappa shape index (κ1) is 27.7. The fraction of sp³-hybridized carbons (Fsp3) is 0.379. The van der Waals surface area contributed by atoms with Crippen LogP contribution in [0.3, 0.4) is 0 Å². The normalized spacial score (nSPS) is 19.2. The number of dihydropyridines is 1. The number of esters is 1. The number of halogens is 2. The smallest absolute Gasteiger partial charge is 0.336 e. The highest BCUT2D eigenvalue weighted by atomic mass is 35.5. The monoisotopic (exact) mass is 543 g/mol. The molecule has 2 aromatic rings. The van der Waals surface area contributed by atoms with Crippen molar-refractivity contribution in [2.24, 2.45) is 0 Å². The third-order valence-corrected chi connectivity index (χ3v) is 7.21. The van der Waals surface area contributed by atoms with Gasteiger partial charge in [0.1, 0.15) is 12.4 Å². The first-order valence-electron chi connectivity index (χ1n) is 12.4. The number of ketones is 1. The molecule has 9 heteroatoms. The summed E-state index contributed by atoms with van der Waals surface area (Å²) in [7, 11) is 3.12. The van der Waals surface area contributed by atoms with E-state index in [2.05, 4.69) is 5.32 Å². The van der Waals surface area contributed by atoms with Crippen molar-refractivity contribution in [1.82, 2.24) is 5.32 Å². The van der Waals surface area contributed by atoms with Crippen LogP contribution < -0.4 is 14.8 Å². The van der Waals surface area contributed by atoms with Crippen LogP contribution in [0.5, 0.6) is 11.5 Å². The van der Waals surface area contributed by atoms with Crippen LogP contribution >= 0.6 is 11.6 Å². The molecular weight excluding hydrogens is 513 g/mol. The number of ether oxygens (including phenoxy) is 4. The zero-order valence-electron chi connectivity index (χ0n) is 21.9. The fourth-order valence-electron chi connectivity index (χ4n) is 5.14. The van der Waals surface area contributed by atoms with E-state index in [1.165, 1.54) is 12.1 Å². The second-order valence-electron chi connectivity index (χ2n) is 9.10. The van der Waals surface area contributed by atoms with Crippen LogP contribution in [0.2, 0.25) is 5.02 Å². The molecule has 1 aliphatic carbocycles. The number of benzene rings is 2. The minimum absolute atomic E-state index is 0.0302. The van der Waals surface area contributed by atoms with Crippen LogP contribution in [0.4, 0.5) is 4.39 Å². The molecule has 0 saturated heterocycles. The Morgan fingerprint density at radius 3 is 2.55 bits per heavy atom. The molecule has 4 rings (SSSR count). The van der Waals surface area contributed by atoms with E-state index in [1.807, 2.05) is 19.1 Å². The molecule has 0 aromatic heterocycles. The van der Waals surface area contributed by atoms with Crippen LogP contribution in [0, 0.1) is 5.82 Å². The number of methoxy groups -OCH3 is 2. The number of Topliss-reactive ketones (excluding diaryl/α,β-unsaturated/α-hetero) is 1. The first-order chi connectivity index (χ1) is 18.3. The molecule has 2 aliphatic rings. The van der Waals surface area contributed by atoms with E-state index in [4.69, 9.17) is 30.5 Å². The van der Waals surface area contributed by atoms with Gasteiger partial charge in [-0.1, -0.05) is 23.7 Å². The van der Waals surface area contributed by atoms with E-state index in [0.29, 0.717) is 41.5 Å². The molecule has 0 bridgehead atoms. The van der Waals surface area contributed by atoms with Gasteiger partial charge in [0.2, 0.25) is 0 Å². The Kier molecular flexibility index (Phi) is 8.74. The second-order valence-corrected chi connectivity index (χ2v) is 9.51. The van der Waals surface area contributed by atoms with Crippen molar-refractivity contribution in [3.05, 3.63) is 80.9 Å². The highest BCUT2D eigenvalue weighted by Crippen LogP contribution is 2.48. The number of hydrogen-bond donors (Lipinski definition) is 1. The summed E-state index contributed by atoms with van der Waals surface area (Å²) >= 11 is 6.48. The highest BCUT2D eigenvalue weighted by Gasteiger charge is 2.43. The summed E-state index contributed by atoms with van der Waals surface area (Å²) in [5, 5.41) is 3.39. The minimum atomic E-state index is -1.00. The molecule has 1 aliphatic heterocycles. The van der Waals surface area contributed by atoms with Gasteiger partial charge in [-0.15, -0.1) is 0 Å². The summed E-state index contributed by atoms with van der Waals surface area (Å²) in [6.07, 6.45) is 0.646. The van der Waals surface area contributed by atoms with Gasteiger partial charge >= 0.3 is 5.97 Å². The first-order valence-corrected chi connectivity index (χ1v) is 12.8. The van der Waals surface area contributed by atoms with Gasteiger partial charge in [-0.3, -0.25) is 4.79 Å². The minimum Gasteiger partial charge on any atom is -0.493 e. The molecule has 0 saturated carbocycles. The molecule has 1 heterocycles. The zero-order valence-corrected chi connectivity index (χ0v) is 22.6. The van der Waals surface area contributed by atoms with Gasteiger partial charge in [0.05, 0.1) is 32.3 Å². The molecule has 202 valence electrons. The van der Waals surface area contributed by atoms with Gasteiger partial charge in [-0.25, -0.2) is 9.18 Å². The standard InChI is InChI=1S/C29H31ClFNO6/c1-5-37-11-12-38-29(34)25-16(2)32-21-13-18(17-9-10-23(35-3)24(15-17)36-4)14-22(33)27(21)28(25)26-19(30)7-6-8-20(26)31/h6-10,15,18,28,32H,5,11-14H2,1-4H3/t18-,28-/m1/s1. The molecule has 2 aromatic carbocycles. The third-order valence-electron chi connectivity index (χ3n) is 6.88. The van der Waals surface area contributed by atoms with Gasteiger partial charge in [0.15, 0.2) is 17.3 Å². The molecule has 1 N–H and O–H groups in total.